The van der Waals surface area contributed by atoms with E-state index in [0.29, 0.717) is 23.0 Å². The van der Waals surface area contributed by atoms with Crippen LogP contribution in [0.25, 0.3) is 16.9 Å². The number of aromatic nitrogens is 3. The van der Waals surface area contributed by atoms with Gasteiger partial charge in [0.1, 0.15) is 5.82 Å². The normalized spacial score (nSPS) is 10.9. The molecule has 0 atom stereocenters. The summed E-state index contributed by atoms with van der Waals surface area (Å²) in [5, 5.41) is 11.4. The molecule has 0 aliphatic heterocycles. The number of amides is 1. The van der Waals surface area contributed by atoms with Crippen LogP contribution < -0.4 is 10.6 Å². The SMILES string of the molecule is CSCC(=O)Nc1ccc(CNc2cc(-c3ccccc3Cl)nc3c(Br)cnn23)cc1. The molecule has 1 amide bonds. The van der Waals surface area contributed by atoms with Crippen molar-refractivity contribution in [2.45, 2.75) is 6.54 Å². The van der Waals surface area contributed by atoms with Crippen LogP contribution in [-0.2, 0) is 11.3 Å². The number of fused-ring (bicyclic) bond motifs is 1. The summed E-state index contributed by atoms with van der Waals surface area (Å²) in [6.45, 7) is 0.581. The Morgan fingerprint density at radius 1 is 1.19 bits per heavy atom. The molecule has 6 nitrogen and oxygen atoms in total. The molecule has 0 saturated carbocycles. The summed E-state index contributed by atoms with van der Waals surface area (Å²) in [4.78, 5) is 16.5. The van der Waals surface area contributed by atoms with Gasteiger partial charge in [-0.25, -0.2) is 4.98 Å². The van der Waals surface area contributed by atoms with Crippen molar-refractivity contribution in [2.75, 3.05) is 22.6 Å². The fraction of sp³-hybridized carbons (Fsp3) is 0.136. The molecule has 158 valence electrons. The van der Waals surface area contributed by atoms with Crippen molar-refractivity contribution in [2.24, 2.45) is 0 Å². The molecule has 0 saturated heterocycles. The summed E-state index contributed by atoms with van der Waals surface area (Å²) in [7, 11) is 0. The molecule has 0 bridgehead atoms. The number of thioether (sulfide) groups is 1. The Hall–Kier alpha value is -2.55. The van der Waals surface area contributed by atoms with Gasteiger partial charge in [-0.2, -0.15) is 21.4 Å². The molecule has 0 unspecified atom stereocenters. The van der Waals surface area contributed by atoms with Crippen molar-refractivity contribution >= 4 is 62.4 Å². The number of carbonyl (C=O) groups excluding carboxylic acids is 1. The van der Waals surface area contributed by atoms with Crippen LogP contribution in [0.2, 0.25) is 5.02 Å². The molecule has 2 heterocycles. The van der Waals surface area contributed by atoms with E-state index in [0.717, 1.165) is 32.8 Å². The Bertz CT molecular complexity index is 1230. The van der Waals surface area contributed by atoms with Crippen LogP contribution in [0.1, 0.15) is 5.56 Å². The fourth-order valence-corrected chi connectivity index (χ4v) is 4.01. The smallest absolute Gasteiger partial charge is 0.234 e. The number of carbonyl (C=O) groups is 1. The summed E-state index contributed by atoms with van der Waals surface area (Å²) >= 11 is 11.4. The lowest BCUT2D eigenvalue weighted by Crippen LogP contribution is -2.13. The average molecular weight is 517 g/mol. The lowest BCUT2D eigenvalue weighted by molar-refractivity contribution is -0.113. The van der Waals surface area contributed by atoms with Gasteiger partial charge in [0.2, 0.25) is 5.91 Å². The summed E-state index contributed by atoms with van der Waals surface area (Å²) in [5.74, 6) is 1.23. The lowest BCUT2D eigenvalue weighted by Gasteiger charge is -2.12. The fourth-order valence-electron chi connectivity index (χ4n) is 3.10. The lowest BCUT2D eigenvalue weighted by atomic mass is 10.1. The molecule has 0 aliphatic rings. The first-order valence-corrected chi connectivity index (χ1v) is 12.0. The van der Waals surface area contributed by atoms with Gasteiger partial charge in [0.25, 0.3) is 0 Å². The molecule has 0 radical (unpaired) electrons. The first kappa shape index (κ1) is 21.7. The van der Waals surface area contributed by atoms with Gasteiger partial charge in [-0.15, -0.1) is 0 Å². The molecule has 4 rings (SSSR count). The summed E-state index contributed by atoms with van der Waals surface area (Å²) in [6, 6.07) is 17.3. The molecule has 2 N–H and O–H groups in total. The predicted octanol–water partition coefficient (Wildman–Crippen LogP) is 5.73. The third-order valence-electron chi connectivity index (χ3n) is 4.57. The molecule has 2 aromatic heterocycles. The van der Waals surface area contributed by atoms with Crippen molar-refractivity contribution in [1.29, 1.82) is 0 Å². The number of nitrogens with one attached hydrogen (secondary N) is 2. The summed E-state index contributed by atoms with van der Waals surface area (Å²) in [6.07, 6.45) is 3.62. The highest BCUT2D eigenvalue weighted by atomic mass is 79.9. The van der Waals surface area contributed by atoms with E-state index in [2.05, 4.69) is 31.7 Å². The van der Waals surface area contributed by atoms with Crippen molar-refractivity contribution in [1.82, 2.24) is 14.6 Å². The maximum atomic E-state index is 11.7. The minimum absolute atomic E-state index is 0.00564. The maximum absolute atomic E-state index is 11.7. The van der Waals surface area contributed by atoms with E-state index in [4.69, 9.17) is 16.6 Å². The highest BCUT2D eigenvalue weighted by Crippen LogP contribution is 2.30. The summed E-state index contributed by atoms with van der Waals surface area (Å²) in [5.41, 5.74) is 4.16. The number of rotatable bonds is 7. The second kappa shape index (κ2) is 9.72. The predicted molar refractivity (Wildman–Crippen MR) is 132 cm³/mol. The zero-order chi connectivity index (χ0) is 21.8. The van der Waals surface area contributed by atoms with Gasteiger partial charge in [0.05, 0.1) is 22.1 Å². The molecule has 4 aromatic rings. The van der Waals surface area contributed by atoms with Crippen LogP contribution in [0.15, 0.2) is 65.3 Å². The third-order valence-corrected chi connectivity index (χ3v) is 6.01. The molecular formula is C22H19BrClN5OS. The Balaban J connectivity index is 1.57. The third kappa shape index (κ3) is 5.03. The molecule has 0 aliphatic carbocycles. The average Bonchev–Trinajstić information content (AvgIpc) is 3.14. The second-order valence-corrected chi connectivity index (χ2v) is 8.89. The van der Waals surface area contributed by atoms with Gasteiger partial charge in [-0.3, -0.25) is 4.79 Å². The van der Waals surface area contributed by atoms with E-state index >= 15 is 0 Å². The van der Waals surface area contributed by atoms with E-state index < -0.39 is 0 Å². The Morgan fingerprint density at radius 2 is 1.97 bits per heavy atom. The van der Waals surface area contributed by atoms with Crippen LogP contribution in [-0.4, -0.2) is 32.5 Å². The number of hydrogen-bond donors (Lipinski definition) is 2. The molecule has 2 aromatic carbocycles. The van der Waals surface area contributed by atoms with Crippen molar-refractivity contribution < 1.29 is 4.79 Å². The topological polar surface area (TPSA) is 71.3 Å². The van der Waals surface area contributed by atoms with Gasteiger partial charge >= 0.3 is 0 Å². The van der Waals surface area contributed by atoms with Gasteiger partial charge in [-0.05, 0) is 45.9 Å². The number of benzene rings is 2. The van der Waals surface area contributed by atoms with Crippen molar-refractivity contribution in [3.63, 3.8) is 0 Å². The van der Waals surface area contributed by atoms with Gasteiger partial charge in [0, 0.05) is 28.9 Å². The monoisotopic (exact) mass is 515 g/mol. The number of nitrogens with zero attached hydrogens (tertiary/aromatic N) is 3. The molecule has 31 heavy (non-hydrogen) atoms. The minimum Gasteiger partial charge on any atom is -0.366 e. The van der Waals surface area contributed by atoms with E-state index in [1.807, 2.05) is 60.9 Å². The van der Waals surface area contributed by atoms with Crippen LogP contribution in [0.4, 0.5) is 11.5 Å². The van der Waals surface area contributed by atoms with Crippen LogP contribution in [0.5, 0.6) is 0 Å². The van der Waals surface area contributed by atoms with E-state index in [9.17, 15) is 4.79 Å². The quantitative estimate of drug-likeness (QED) is 0.328. The highest BCUT2D eigenvalue weighted by Gasteiger charge is 2.13. The first-order valence-electron chi connectivity index (χ1n) is 9.46. The van der Waals surface area contributed by atoms with Gasteiger partial charge in [-0.1, -0.05) is 41.9 Å². The van der Waals surface area contributed by atoms with Crippen molar-refractivity contribution in [3.05, 3.63) is 75.9 Å². The Morgan fingerprint density at radius 3 is 2.71 bits per heavy atom. The number of hydrogen-bond acceptors (Lipinski definition) is 5. The molecule has 0 fully saturated rings. The van der Waals surface area contributed by atoms with E-state index in [-0.39, 0.29) is 5.91 Å². The summed E-state index contributed by atoms with van der Waals surface area (Å²) < 4.78 is 2.55. The largest absolute Gasteiger partial charge is 0.366 e. The zero-order valence-corrected chi connectivity index (χ0v) is 19.8. The van der Waals surface area contributed by atoms with Crippen LogP contribution >= 0.6 is 39.3 Å². The molecule has 0 spiro atoms. The Kier molecular flexibility index (Phi) is 6.80. The molecule has 9 heteroatoms. The second-order valence-electron chi connectivity index (χ2n) is 6.77. The van der Waals surface area contributed by atoms with Crippen LogP contribution in [0, 0.1) is 0 Å². The van der Waals surface area contributed by atoms with Crippen molar-refractivity contribution in [3.8, 4) is 11.3 Å². The molecular weight excluding hydrogens is 498 g/mol. The van der Waals surface area contributed by atoms with Crippen LogP contribution in [0.3, 0.4) is 0 Å². The van der Waals surface area contributed by atoms with Gasteiger partial charge in [0.15, 0.2) is 5.65 Å². The minimum atomic E-state index is -0.00564. The number of halogens is 2. The standard InChI is InChI=1S/C22H19BrClN5OS/c1-31-13-21(30)27-15-8-6-14(7-9-15)11-25-20-10-19(16-4-2-3-5-18(16)24)28-22-17(23)12-26-29(20)22/h2-10,12,25H,11,13H2,1H3,(H,27,30). The first-order chi connectivity index (χ1) is 15.0. The number of anilines is 2. The maximum Gasteiger partial charge on any atom is 0.234 e. The van der Waals surface area contributed by atoms with E-state index in [1.54, 1.807) is 10.7 Å². The van der Waals surface area contributed by atoms with Gasteiger partial charge < -0.3 is 10.6 Å². The Labute approximate surface area is 197 Å². The zero-order valence-electron chi connectivity index (χ0n) is 16.6. The highest BCUT2D eigenvalue weighted by molar-refractivity contribution is 9.10. The van der Waals surface area contributed by atoms with E-state index in [1.165, 1.54) is 11.8 Å².